The van der Waals surface area contributed by atoms with Gasteiger partial charge >= 0.3 is 6.03 Å². The Hall–Kier alpha value is -1.55. The minimum Gasteiger partial charge on any atom is -0.334 e. The lowest BCUT2D eigenvalue weighted by molar-refractivity contribution is 0.167. The number of carbonyl (C=O) groups excluding carboxylic acids is 1. The summed E-state index contributed by atoms with van der Waals surface area (Å²) < 4.78 is 0. The third kappa shape index (κ3) is 4.73. The van der Waals surface area contributed by atoms with Gasteiger partial charge in [-0.15, -0.1) is 0 Å². The third-order valence-electron chi connectivity index (χ3n) is 5.41. The number of carbonyl (C=O) groups is 1. The number of urea groups is 1. The highest BCUT2D eigenvalue weighted by Gasteiger charge is 2.27. The molecule has 0 unspecified atom stereocenters. The number of amides is 2. The van der Waals surface area contributed by atoms with Gasteiger partial charge in [-0.2, -0.15) is 0 Å². The van der Waals surface area contributed by atoms with Crippen LogP contribution >= 0.6 is 0 Å². The molecule has 132 valence electrons. The molecule has 4 heteroatoms. The maximum atomic E-state index is 12.5. The Labute approximate surface area is 146 Å². The van der Waals surface area contributed by atoms with Crippen LogP contribution in [0.15, 0.2) is 30.3 Å². The van der Waals surface area contributed by atoms with Crippen LogP contribution in [0.25, 0.3) is 0 Å². The van der Waals surface area contributed by atoms with Crippen molar-refractivity contribution >= 4 is 6.03 Å². The van der Waals surface area contributed by atoms with Crippen LogP contribution in [-0.2, 0) is 6.42 Å². The Morgan fingerprint density at radius 2 is 1.88 bits per heavy atom. The Morgan fingerprint density at radius 3 is 2.58 bits per heavy atom. The smallest absolute Gasteiger partial charge is 0.317 e. The van der Waals surface area contributed by atoms with Crippen molar-refractivity contribution in [1.29, 1.82) is 0 Å². The normalized spacial score (nSPS) is 22.7. The topological polar surface area (TPSA) is 35.6 Å². The second kappa shape index (κ2) is 8.52. The highest BCUT2D eigenvalue weighted by atomic mass is 16.2. The Balaban J connectivity index is 1.39. The van der Waals surface area contributed by atoms with Crippen LogP contribution < -0.4 is 5.32 Å². The summed E-state index contributed by atoms with van der Waals surface area (Å²) in [5.74, 6) is 0.711. The molecule has 1 N–H and O–H groups in total. The maximum absolute atomic E-state index is 12.5. The Kier molecular flexibility index (Phi) is 6.13. The van der Waals surface area contributed by atoms with Crippen molar-refractivity contribution in [2.75, 3.05) is 32.7 Å². The van der Waals surface area contributed by atoms with Gasteiger partial charge in [-0.1, -0.05) is 37.3 Å². The molecule has 0 bridgehead atoms. The van der Waals surface area contributed by atoms with Gasteiger partial charge in [-0.25, -0.2) is 4.79 Å². The average Bonchev–Trinajstić information content (AvgIpc) is 3.04. The Bertz CT molecular complexity index is 511. The van der Waals surface area contributed by atoms with Crippen LogP contribution in [0.3, 0.4) is 0 Å². The lowest BCUT2D eigenvalue weighted by atomic mass is 9.90. The fourth-order valence-electron chi connectivity index (χ4n) is 4.02. The molecule has 1 aromatic carbocycles. The molecule has 0 aromatic heterocycles. The maximum Gasteiger partial charge on any atom is 0.317 e. The van der Waals surface area contributed by atoms with Crippen molar-refractivity contribution in [3.05, 3.63) is 35.9 Å². The van der Waals surface area contributed by atoms with Crippen molar-refractivity contribution in [1.82, 2.24) is 15.1 Å². The second-order valence-corrected chi connectivity index (χ2v) is 7.36. The van der Waals surface area contributed by atoms with Gasteiger partial charge in [0.15, 0.2) is 0 Å². The van der Waals surface area contributed by atoms with Gasteiger partial charge in [0.05, 0.1) is 0 Å². The van der Waals surface area contributed by atoms with E-state index in [1.54, 1.807) is 0 Å². The minimum absolute atomic E-state index is 0.150. The van der Waals surface area contributed by atoms with Crippen LogP contribution in [0.5, 0.6) is 0 Å². The van der Waals surface area contributed by atoms with E-state index in [1.807, 2.05) is 4.90 Å². The fraction of sp³-hybridized carbons (Fsp3) is 0.650. The zero-order valence-electron chi connectivity index (χ0n) is 14.9. The van der Waals surface area contributed by atoms with Crippen molar-refractivity contribution in [3.8, 4) is 0 Å². The molecule has 24 heavy (non-hydrogen) atoms. The van der Waals surface area contributed by atoms with Gasteiger partial charge in [0.2, 0.25) is 0 Å². The number of rotatable bonds is 5. The molecule has 2 fully saturated rings. The van der Waals surface area contributed by atoms with Gasteiger partial charge < -0.3 is 15.1 Å². The number of hydrogen-bond donors (Lipinski definition) is 1. The van der Waals surface area contributed by atoms with Crippen LogP contribution in [0.2, 0.25) is 0 Å². The summed E-state index contributed by atoms with van der Waals surface area (Å²) in [5, 5.41) is 3.25. The lowest BCUT2D eigenvalue weighted by Gasteiger charge is -2.33. The second-order valence-electron chi connectivity index (χ2n) is 7.36. The molecule has 4 nitrogen and oxygen atoms in total. The SMILES string of the molecule is CCCN1CC[C@@H](NC(=O)N2CCC(Cc3ccccc3)CC2)C1. The largest absolute Gasteiger partial charge is 0.334 e. The molecule has 1 atom stereocenters. The fourth-order valence-corrected chi connectivity index (χ4v) is 4.02. The quantitative estimate of drug-likeness (QED) is 0.901. The van der Waals surface area contributed by atoms with Crippen molar-refractivity contribution in [2.24, 2.45) is 5.92 Å². The molecule has 0 radical (unpaired) electrons. The summed E-state index contributed by atoms with van der Waals surface area (Å²) in [6, 6.07) is 11.2. The van der Waals surface area contributed by atoms with Crippen LogP contribution in [0, 0.1) is 5.92 Å². The first kappa shape index (κ1) is 17.3. The molecule has 1 aromatic rings. The predicted octanol–water partition coefficient (Wildman–Crippen LogP) is 3.14. The summed E-state index contributed by atoms with van der Waals surface area (Å²) in [4.78, 5) is 17.0. The van der Waals surface area contributed by atoms with Crippen LogP contribution in [-0.4, -0.2) is 54.6 Å². The van der Waals surface area contributed by atoms with Crippen molar-refractivity contribution < 1.29 is 4.79 Å². The number of nitrogens with one attached hydrogen (secondary N) is 1. The first-order chi connectivity index (χ1) is 11.7. The summed E-state index contributed by atoms with van der Waals surface area (Å²) in [6.45, 7) is 7.30. The van der Waals surface area contributed by atoms with E-state index in [9.17, 15) is 4.79 Å². The third-order valence-corrected chi connectivity index (χ3v) is 5.41. The molecular formula is C20H31N3O. The first-order valence-electron chi connectivity index (χ1n) is 9.56. The number of likely N-dealkylation sites (tertiary alicyclic amines) is 2. The molecular weight excluding hydrogens is 298 g/mol. The molecule has 2 heterocycles. The molecule has 2 aliphatic rings. The van der Waals surface area contributed by atoms with E-state index in [2.05, 4.69) is 47.5 Å². The van der Waals surface area contributed by atoms with Crippen molar-refractivity contribution in [2.45, 2.75) is 45.1 Å². The summed E-state index contributed by atoms with van der Waals surface area (Å²) in [6.07, 6.45) is 5.67. The monoisotopic (exact) mass is 329 g/mol. The Morgan fingerprint density at radius 1 is 1.12 bits per heavy atom. The number of piperidine rings is 1. The van der Waals surface area contributed by atoms with Gasteiger partial charge in [0.1, 0.15) is 0 Å². The van der Waals surface area contributed by atoms with E-state index in [-0.39, 0.29) is 6.03 Å². The summed E-state index contributed by atoms with van der Waals surface area (Å²) >= 11 is 0. The molecule has 0 saturated carbocycles. The van der Waals surface area contributed by atoms with E-state index < -0.39 is 0 Å². The highest BCUT2D eigenvalue weighted by molar-refractivity contribution is 5.74. The van der Waals surface area contributed by atoms with Gasteiger partial charge in [0.25, 0.3) is 0 Å². The van der Waals surface area contributed by atoms with E-state index in [0.717, 1.165) is 58.4 Å². The average molecular weight is 329 g/mol. The molecule has 0 aliphatic carbocycles. The number of nitrogens with zero attached hydrogens (tertiary/aromatic N) is 2. The highest BCUT2D eigenvalue weighted by Crippen LogP contribution is 2.22. The molecule has 3 rings (SSSR count). The van der Waals surface area contributed by atoms with Gasteiger partial charge in [-0.05, 0) is 50.1 Å². The van der Waals surface area contributed by atoms with E-state index in [1.165, 1.54) is 12.0 Å². The molecule has 2 amide bonds. The van der Waals surface area contributed by atoms with Crippen molar-refractivity contribution in [3.63, 3.8) is 0 Å². The standard InChI is InChI=1S/C20H31N3O/c1-2-11-22-12-10-19(16-22)21-20(24)23-13-8-18(9-14-23)15-17-6-4-3-5-7-17/h3-7,18-19H,2,8-16H2,1H3,(H,21,24)/t19-/m1/s1. The molecule has 2 saturated heterocycles. The van der Waals surface area contributed by atoms with E-state index in [4.69, 9.17) is 0 Å². The predicted molar refractivity (Wildman–Crippen MR) is 98.1 cm³/mol. The summed E-state index contributed by atoms with van der Waals surface area (Å²) in [5.41, 5.74) is 1.42. The number of hydrogen-bond acceptors (Lipinski definition) is 2. The van der Waals surface area contributed by atoms with E-state index in [0.29, 0.717) is 12.0 Å². The molecule has 2 aliphatic heterocycles. The minimum atomic E-state index is 0.150. The van der Waals surface area contributed by atoms with E-state index >= 15 is 0 Å². The zero-order valence-corrected chi connectivity index (χ0v) is 14.9. The lowest BCUT2D eigenvalue weighted by Crippen LogP contribution is -2.48. The molecule has 0 spiro atoms. The van der Waals surface area contributed by atoms with Gasteiger partial charge in [-0.3, -0.25) is 0 Å². The van der Waals surface area contributed by atoms with Gasteiger partial charge in [0, 0.05) is 32.2 Å². The van der Waals surface area contributed by atoms with Crippen LogP contribution in [0.4, 0.5) is 4.79 Å². The zero-order chi connectivity index (χ0) is 16.8. The number of benzene rings is 1. The summed E-state index contributed by atoms with van der Waals surface area (Å²) in [7, 11) is 0. The first-order valence-corrected chi connectivity index (χ1v) is 9.56. The van der Waals surface area contributed by atoms with Crippen LogP contribution in [0.1, 0.15) is 38.2 Å².